The standard InChI is InChI=1S/C28H38N4O5/c1-17(2)37-28(35)25(19(4)33)29-14-20-9-10-23-24(13-20)32(16-22-8-6-7-11-36-22)26(30-23)21-12-18(3)27(34)31(5)15-21/h9-10,12-13,15,17,19,22,25,29,33H,6-8,11,14,16H2,1-5H3/t19-,22?,25?/m1/s1. The molecule has 3 aromatic rings. The Hall–Kier alpha value is -3.01. The summed E-state index contributed by atoms with van der Waals surface area (Å²) >= 11 is 0. The lowest BCUT2D eigenvalue weighted by Crippen LogP contribution is -2.46. The number of aromatic nitrogens is 3. The number of nitrogens with one attached hydrogen (secondary N) is 1. The van der Waals surface area contributed by atoms with Crippen molar-refractivity contribution < 1.29 is 19.4 Å². The highest BCUT2D eigenvalue weighted by Gasteiger charge is 2.26. The molecular formula is C28H38N4O5. The maximum absolute atomic E-state index is 12.4. The molecule has 2 aromatic heterocycles. The number of fused-ring (bicyclic) bond motifs is 1. The molecule has 0 saturated carbocycles. The molecule has 0 amide bonds. The van der Waals surface area contributed by atoms with E-state index in [1.807, 2.05) is 31.3 Å². The molecule has 2 N–H and O–H groups in total. The average Bonchev–Trinajstić information content (AvgIpc) is 3.20. The fourth-order valence-electron chi connectivity index (χ4n) is 4.82. The van der Waals surface area contributed by atoms with Gasteiger partial charge in [-0.2, -0.15) is 0 Å². The molecule has 200 valence electrons. The van der Waals surface area contributed by atoms with Gasteiger partial charge in [0.15, 0.2) is 0 Å². The number of carbonyl (C=O) groups is 1. The number of hydrogen-bond donors (Lipinski definition) is 2. The van der Waals surface area contributed by atoms with E-state index in [0.29, 0.717) is 18.7 Å². The van der Waals surface area contributed by atoms with E-state index < -0.39 is 18.1 Å². The summed E-state index contributed by atoms with van der Waals surface area (Å²) in [5.41, 5.74) is 4.25. The van der Waals surface area contributed by atoms with Gasteiger partial charge in [0.25, 0.3) is 5.56 Å². The maximum Gasteiger partial charge on any atom is 0.326 e. The molecule has 0 spiro atoms. The number of aliphatic hydroxyl groups excluding tert-OH is 1. The Morgan fingerprint density at radius 3 is 2.70 bits per heavy atom. The van der Waals surface area contributed by atoms with Crippen LogP contribution in [-0.4, -0.2) is 56.2 Å². The molecule has 1 aliphatic heterocycles. The van der Waals surface area contributed by atoms with Crippen molar-refractivity contribution in [1.82, 2.24) is 19.4 Å². The number of imidazole rings is 1. The number of nitrogens with zero attached hydrogens (tertiary/aromatic N) is 3. The van der Waals surface area contributed by atoms with Crippen LogP contribution < -0.4 is 10.9 Å². The van der Waals surface area contributed by atoms with Crippen LogP contribution in [-0.2, 0) is 34.4 Å². The lowest BCUT2D eigenvalue weighted by Gasteiger charge is -2.24. The molecule has 1 aromatic carbocycles. The zero-order chi connectivity index (χ0) is 26.7. The third-order valence-electron chi connectivity index (χ3n) is 6.71. The number of hydrogen-bond acceptors (Lipinski definition) is 7. The van der Waals surface area contributed by atoms with Gasteiger partial charge < -0.3 is 23.7 Å². The third-order valence-corrected chi connectivity index (χ3v) is 6.71. The first-order valence-electron chi connectivity index (χ1n) is 13.0. The lowest BCUT2D eigenvalue weighted by atomic mass is 10.1. The number of ether oxygens (including phenoxy) is 2. The van der Waals surface area contributed by atoms with Crippen LogP contribution in [0.4, 0.5) is 0 Å². The van der Waals surface area contributed by atoms with Gasteiger partial charge in [-0.1, -0.05) is 6.07 Å². The van der Waals surface area contributed by atoms with Crippen molar-refractivity contribution in [3.05, 3.63) is 51.9 Å². The Balaban J connectivity index is 1.69. The van der Waals surface area contributed by atoms with Crippen molar-refractivity contribution in [1.29, 1.82) is 0 Å². The maximum atomic E-state index is 12.4. The van der Waals surface area contributed by atoms with Crippen molar-refractivity contribution in [3.63, 3.8) is 0 Å². The molecule has 1 fully saturated rings. The summed E-state index contributed by atoms with van der Waals surface area (Å²) in [6.07, 6.45) is 3.95. The first kappa shape index (κ1) is 27.0. The molecule has 1 aliphatic rings. The van der Waals surface area contributed by atoms with Crippen molar-refractivity contribution in [2.75, 3.05) is 6.61 Å². The van der Waals surface area contributed by atoms with E-state index in [1.165, 1.54) is 0 Å². The number of carbonyl (C=O) groups excluding carboxylic acids is 1. The van der Waals surface area contributed by atoms with Gasteiger partial charge in [-0.05, 0) is 70.7 Å². The number of aryl methyl sites for hydroxylation is 2. The smallest absolute Gasteiger partial charge is 0.326 e. The lowest BCUT2D eigenvalue weighted by molar-refractivity contribution is -0.152. The van der Waals surface area contributed by atoms with E-state index >= 15 is 0 Å². The zero-order valence-electron chi connectivity index (χ0n) is 22.4. The molecule has 2 unspecified atom stereocenters. The Bertz CT molecular complexity index is 1280. The SMILES string of the molecule is Cc1cc(-c2nc3ccc(CNC(C(=O)OC(C)C)[C@@H](C)O)cc3n2CC2CCCCO2)cn(C)c1=O. The molecule has 37 heavy (non-hydrogen) atoms. The van der Waals surface area contributed by atoms with Crippen LogP contribution in [0.15, 0.2) is 35.3 Å². The minimum Gasteiger partial charge on any atom is -0.462 e. The molecule has 3 atom stereocenters. The second-order valence-corrected chi connectivity index (χ2v) is 10.3. The monoisotopic (exact) mass is 510 g/mol. The third kappa shape index (κ3) is 6.29. The predicted octanol–water partition coefficient (Wildman–Crippen LogP) is 3.07. The largest absolute Gasteiger partial charge is 0.462 e. The van der Waals surface area contributed by atoms with Gasteiger partial charge in [-0.15, -0.1) is 0 Å². The fourth-order valence-corrected chi connectivity index (χ4v) is 4.82. The number of esters is 1. The van der Waals surface area contributed by atoms with Gasteiger partial charge in [-0.3, -0.25) is 14.9 Å². The van der Waals surface area contributed by atoms with Crippen LogP contribution in [0.2, 0.25) is 0 Å². The minimum absolute atomic E-state index is 0.0287. The van der Waals surface area contributed by atoms with E-state index in [1.54, 1.807) is 32.4 Å². The van der Waals surface area contributed by atoms with Crippen LogP contribution in [0, 0.1) is 6.92 Å². The number of benzene rings is 1. The van der Waals surface area contributed by atoms with Gasteiger partial charge in [-0.25, -0.2) is 4.98 Å². The van der Waals surface area contributed by atoms with Gasteiger partial charge in [0.2, 0.25) is 0 Å². The fraction of sp³-hybridized carbons (Fsp3) is 0.536. The molecule has 9 heteroatoms. The highest BCUT2D eigenvalue weighted by atomic mass is 16.5. The summed E-state index contributed by atoms with van der Waals surface area (Å²) in [4.78, 5) is 29.7. The quantitative estimate of drug-likeness (QED) is 0.426. The number of aliphatic hydroxyl groups is 1. The molecule has 0 aliphatic carbocycles. The summed E-state index contributed by atoms with van der Waals surface area (Å²) in [5, 5.41) is 13.3. The van der Waals surface area contributed by atoms with E-state index in [9.17, 15) is 14.7 Å². The number of pyridine rings is 1. The molecular weight excluding hydrogens is 472 g/mol. The predicted molar refractivity (Wildman–Crippen MR) is 142 cm³/mol. The average molecular weight is 511 g/mol. The Kier molecular flexibility index (Phi) is 8.46. The highest BCUT2D eigenvalue weighted by Crippen LogP contribution is 2.28. The van der Waals surface area contributed by atoms with E-state index in [0.717, 1.165) is 53.9 Å². The van der Waals surface area contributed by atoms with Gasteiger partial charge in [0.1, 0.15) is 11.9 Å². The molecule has 0 radical (unpaired) electrons. The van der Waals surface area contributed by atoms with Crippen molar-refractivity contribution in [2.24, 2.45) is 7.05 Å². The van der Waals surface area contributed by atoms with Crippen molar-refractivity contribution >= 4 is 17.0 Å². The van der Waals surface area contributed by atoms with E-state index in [-0.39, 0.29) is 17.8 Å². The van der Waals surface area contributed by atoms with Crippen LogP contribution in [0.1, 0.15) is 51.2 Å². The van der Waals surface area contributed by atoms with Crippen LogP contribution >= 0.6 is 0 Å². The Labute approximate surface area is 217 Å². The second-order valence-electron chi connectivity index (χ2n) is 10.3. The van der Waals surface area contributed by atoms with Crippen molar-refractivity contribution in [3.8, 4) is 11.4 Å². The first-order chi connectivity index (χ1) is 17.6. The first-order valence-corrected chi connectivity index (χ1v) is 13.0. The van der Waals surface area contributed by atoms with Crippen molar-refractivity contribution in [2.45, 2.75) is 84.4 Å². The Morgan fingerprint density at radius 1 is 1.27 bits per heavy atom. The number of rotatable bonds is 9. The molecule has 1 saturated heterocycles. The zero-order valence-corrected chi connectivity index (χ0v) is 22.4. The van der Waals surface area contributed by atoms with Gasteiger partial charge in [0, 0.05) is 37.5 Å². The van der Waals surface area contributed by atoms with Gasteiger partial charge >= 0.3 is 5.97 Å². The van der Waals surface area contributed by atoms with Crippen LogP contribution in [0.5, 0.6) is 0 Å². The summed E-state index contributed by atoms with van der Waals surface area (Å²) in [7, 11) is 1.75. The van der Waals surface area contributed by atoms with E-state index in [4.69, 9.17) is 14.5 Å². The van der Waals surface area contributed by atoms with Gasteiger partial charge in [0.05, 0.1) is 35.9 Å². The highest BCUT2D eigenvalue weighted by molar-refractivity contribution is 5.81. The molecule has 4 rings (SSSR count). The summed E-state index contributed by atoms with van der Waals surface area (Å²) in [6.45, 7) is 8.74. The second kappa shape index (κ2) is 11.6. The van der Waals surface area contributed by atoms with Crippen LogP contribution in [0.25, 0.3) is 22.4 Å². The molecule has 3 heterocycles. The topological polar surface area (TPSA) is 108 Å². The summed E-state index contributed by atoms with van der Waals surface area (Å²) in [5.74, 6) is 0.313. The molecule has 0 bridgehead atoms. The normalized spacial score (nSPS) is 17.8. The molecule has 9 nitrogen and oxygen atoms in total. The van der Waals surface area contributed by atoms with E-state index in [2.05, 4.69) is 16.0 Å². The Morgan fingerprint density at radius 2 is 2.05 bits per heavy atom. The summed E-state index contributed by atoms with van der Waals surface area (Å²) in [6, 6.07) is 7.04. The van der Waals surface area contributed by atoms with Crippen LogP contribution in [0.3, 0.4) is 0 Å². The minimum atomic E-state index is -0.900. The summed E-state index contributed by atoms with van der Waals surface area (Å²) < 4.78 is 15.1.